The van der Waals surface area contributed by atoms with Gasteiger partial charge in [-0.25, -0.2) is 13.8 Å². The van der Waals surface area contributed by atoms with Crippen LogP contribution in [0.4, 0.5) is 8.78 Å². The molecule has 0 unspecified atom stereocenters. The van der Waals surface area contributed by atoms with Crippen LogP contribution in [0.15, 0.2) is 12.1 Å². The van der Waals surface area contributed by atoms with Crippen LogP contribution in [0.3, 0.4) is 0 Å². The summed E-state index contributed by atoms with van der Waals surface area (Å²) in [6.07, 6.45) is 2.43. The van der Waals surface area contributed by atoms with Gasteiger partial charge in [0, 0.05) is 36.1 Å². The molecule has 1 saturated heterocycles. The quantitative estimate of drug-likeness (QED) is 0.847. The molecule has 1 spiro atoms. The number of hydrogen-bond donors (Lipinski definition) is 1. The van der Waals surface area contributed by atoms with Gasteiger partial charge in [-0.15, -0.1) is 0 Å². The zero-order valence-corrected chi connectivity index (χ0v) is 16.5. The summed E-state index contributed by atoms with van der Waals surface area (Å²) >= 11 is 0. The average Bonchev–Trinajstić information content (AvgIpc) is 2.57. The molecule has 1 aromatic rings. The molecule has 0 aromatic carbocycles. The van der Waals surface area contributed by atoms with Crippen molar-refractivity contribution in [2.24, 2.45) is 11.3 Å². The van der Waals surface area contributed by atoms with Gasteiger partial charge < -0.3 is 14.7 Å². The molecule has 0 atom stereocenters. The van der Waals surface area contributed by atoms with Gasteiger partial charge >= 0.3 is 0 Å². The second-order valence-corrected chi connectivity index (χ2v) is 9.24. The van der Waals surface area contributed by atoms with E-state index in [1.165, 1.54) is 12.1 Å². The highest BCUT2D eigenvalue weighted by atomic mass is 19.3. The van der Waals surface area contributed by atoms with Crippen LogP contribution < -0.4 is 4.74 Å². The molecule has 2 aliphatic carbocycles. The number of carbonyl (C=O) groups is 1. The molecule has 7 heteroatoms. The maximum Gasteiger partial charge on any atom is 0.265 e. The highest BCUT2D eigenvalue weighted by Gasteiger charge is 2.51. The van der Waals surface area contributed by atoms with E-state index in [1.54, 1.807) is 13.8 Å². The summed E-state index contributed by atoms with van der Waals surface area (Å²) in [6.45, 7) is 4.97. The van der Waals surface area contributed by atoms with Gasteiger partial charge in [-0.05, 0) is 58.4 Å². The monoisotopic (exact) mass is 394 g/mol. The molecule has 1 amide bonds. The van der Waals surface area contributed by atoms with Crippen LogP contribution in [-0.2, 0) is 4.79 Å². The molecule has 154 valence electrons. The van der Waals surface area contributed by atoms with Crippen LogP contribution >= 0.6 is 0 Å². The Labute approximate surface area is 164 Å². The lowest BCUT2D eigenvalue weighted by molar-refractivity contribution is -0.164. The van der Waals surface area contributed by atoms with Crippen LogP contribution in [0.25, 0.3) is 0 Å². The highest BCUT2D eigenvalue weighted by Crippen LogP contribution is 2.47. The van der Waals surface area contributed by atoms with Gasteiger partial charge in [0.2, 0.25) is 11.8 Å². The van der Waals surface area contributed by atoms with Crippen LogP contribution in [0.2, 0.25) is 0 Å². The lowest BCUT2D eigenvalue weighted by Crippen LogP contribution is -2.63. The van der Waals surface area contributed by atoms with Gasteiger partial charge in [0.1, 0.15) is 6.10 Å². The Hall–Kier alpha value is -1.76. The number of pyridine rings is 1. The highest BCUT2D eigenvalue weighted by molar-refractivity contribution is 5.81. The molecule has 0 radical (unpaired) electrons. The molecule has 1 aliphatic heterocycles. The summed E-state index contributed by atoms with van der Waals surface area (Å²) in [5, 5.41) is 9.83. The molecule has 28 heavy (non-hydrogen) atoms. The Balaban J connectivity index is 1.25. The van der Waals surface area contributed by atoms with Gasteiger partial charge in [-0.2, -0.15) is 0 Å². The summed E-state index contributed by atoms with van der Waals surface area (Å²) in [4.78, 5) is 18.6. The van der Waals surface area contributed by atoms with Crippen molar-refractivity contribution in [1.29, 1.82) is 0 Å². The molecule has 2 saturated carbocycles. The minimum Gasteiger partial charge on any atom is -0.474 e. The van der Waals surface area contributed by atoms with Crippen molar-refractivity contribution in [3.63, 3.8) is 0 Å². The lowest BCUT2D eigenvalue weighted by Gasteiger charge is -2.55. The van der Waals surface area contributed by atoms with Gasteiger partial charge in [0.05, 0.1) is 11.3 Å². The molecule has 3 aliphatic rings. The molecule has 0 bridgehead atoms. The second kappa shape index (κ2) is 6.94. The zero-order valence-electron chi connectivity index (χ0n) is 16.5. The predicted octanol–water partition coefficient (Wildman–Crippen LogP) is 3.64. The van der Waals surface area contributed by atoms with E-state index in [-0.39, 0.29) is 28.9 Å². The maximum atomic E-state index is 12.8. The van der Waals surface area contributed by atoms with Crippen LogP contribution in [0.1, 0.15) is 63.1 Å². The number of ether oxygens (including phenoxy) is 1. The van der Waals surface area contributed by atoms with Crippen molar-refractivity contribution in [2.75, 3.05) is 13.1 Å². The Morgan fingerprint density at radius 2 is 1.93 bits per heavy atom. The lowest BCUT2D eigenvalue weighted by atomic mass is 9.66. The fourth-order valence-corrected chi connectivity index (χ4v) is 5.01. The Bertz CT molecular complexity index is 744. The van der Waals surface area contributed by atoms with Crippen molar-refractivity contribution < 1.29 is 23.4 Å². The SMILES string of the molecule is Cc1nc(OC2CCC3(CC2)CN(C(=O)[C@H]2C[C@@](C)(O)C2)C3)ccc1C(F)F. The smallest absolute Gasteiger partial charge is 0.265 e. The van der Waals surface area contributed by atoms with Crippen LogP contribution in [0.5, 0.6) is 5.88 Å². The third-order valence-electron chi connectivity index (χ3n) is 6.70. The topological polar surface area (TPSA) is 62.7 Å². The number of aromatic nitrogens is 1. The molecular weight excluding hydrogens is 366 g/mol. The van der Waals surface area contributed by atoms with E-state index in [1.807, 2.05) is 4.90 Å². The minimum absolute atomic E-state index is 0.0162. The number of hydrogen-bond acceptors (Lipinski definition) is 4. The Kier molecular flexibility index (Phi) is 4.84. The molecule has 1 aromatic heterocycles. The van der Waals surface area contributed by atoms with E-state index >= 15 is 0 Å². The van der Waals surface area contributed by atoms with E-state index in [2.05, 4.69) is 4.98 Å². The summed E-state index contributed by atoms with van der Waals surface area (Å²) in [5.41, 5.74) is -0.215. The van der Waals surface area contributed by atoms with Gasteiger partial charge in [-0.3, -0.25) is 4.79 Å². The molecule has 2 heterocycles. The van der Waals surface area contributed by atoms with E-state index in [9.17, 15) is 18.7 Å². The second-order valence-electron chi connectivity index (χ2n) is 9.24. The molecule has 1 N–H and O–H groups in total. The predicted molar refractivity (Wildman–Crippen MR) is 99.2 cm³/mol. The summed E-state index contributed by atoms with van der Waals surface area (Å²) in [7, 11) is 0. The standard InChI is InChI=1S/C21H28F2N2O3/c1-13-16(18(22)23)3-4-17(24-13)28-15-5-7-21(8-6-15)11-25(12-21)19(26)14-9-20(2,27)10-14/h3-4,14-15,18,27H,5-12H2,1-2H3/t14-,20+. The van der Waals surface area contributed by atoms with Gasteiger partial charge in [0.15, 0.2) is 0 Å². The number of likely N-dealkylation sites (tertiary alicyclic amines) is 1. The number of halogens is 2. The van der Waals surface area contributed by atoms with Crippen molar-refractivity contribution in [2.45, 2.75) is 70.5 Å². The summed E-state index contributed by atoms with van der Waals surface area (Å²) < 4.78 is 31.6. The first-order valence-electron chi connectivity index (χ1n) is 10.1. The first kappa shape index (κ1) is 19.6. The zero-order chi connectivity index (χ0) is 20.1. The van der Waals surface area contributed by atoms with Crippen molar-refractivity contribution in [3.05, 3.63) is 23.4 Å². The first-order valence-corrected chi connectivity index (χ1v) is 10.1. The number of nitrogens with zero attached hydrogens (tertiary/aromatic N) is 2. The van der Waals surface area contributed by atoms with E-state index in [4.69, 9.17) is 4.74 Å². The number of aliphatic hydroxyl groups is 1. The van der Waals surface area contributed by atoms with Crippen LogP contribution in [-0.4, -0.2) is 45.7 Å². The first-order chi connectivity index (χ1) is 13.2. The third kappa shape index (κ3) is 3.73. The number of amides is 1. The maximum absolute atomic E-state index is 12.8. The normalized spacial score (nSPS) is 29.5. The summed E-state index contributed by atoms with van der Waals surface area (Å²) in [5.74, 6) is 0.581. The number of carbonyl (C=O) groups excluding carboxylic acids is 1. The van der Waals surface area contributed by atoms with E-state index < -0.39 is 12.0 Å². The largest absolute Gasteiger partial charge is 0.474 e. The molecule has 3 fully saturated rings. The number of aryl methyl sites for hydroxylation is 1. The molecular formula is C21H28F2N2O3. The minimum atomic E-state index is -2.52. The van der Waals surface area contributed by atoms with Gasteiger partial charge in [-0.1, -0.05) is 0 Å². The van der Waals surface area contributed by atoms with Crippen molar-refractivity contribution in [3.8, 4) is 5.88 Å². The fraction of sp³-hybridized carbons (Fsp3) is 0.714. The molecule has 4 rings (SSSR count). The van der Waals surface area contributed by atoms with Gasteiger partial charge in [0.25, 0.3) is 6.43 Å². The summed E-state index contributed by atoms with van der Waals surface area (Å²) in [6, 6.07) is 2.91. The molecule has 5 nitrogen and oxygen atoms in total. The third-order valence-corrected chi connectivity index (χ3v) is 6.70. The van der Waals surface area contributed by atoms with Crippen molar-refractivity contribution in [1.82, 2.24) is 9.88 Å². The van der Waals surface area contributed by atoms with Crippen molar-refractivity contribution >= 4 is 5.91 Å². The fourth-order valence-electron chi connectivity index (χ4n) is 5.01. The van der Waals surface area contributed by atoms with E-state index in [0.29, 0.717) is 24.4 Å². The number of rotatable bonds is 4. The number of alkyl halides is 2. The van der Waals surface area contributed by atoms with E-state index in [0.717, 1.165) is 38.8 Å². The van der Waals surface area contributed by atoms with Crippen LogP contribution in [0, 0.1) is 18.3 Å². The Morgan fingerprint density at radius 3 is 2.46 bits per heavy atom. The average molecular weight is 394 g/mol. The Morgan fingerprint density at radius 1 is 1.29 bits per heavy atom.